The first kappa shape index (κ1) is 88.1. The van der Waals surface area contributed by atoms with E-state index in [1.54, 1.807) is 0 Å². The second kappa shape index (κ2) is 71.4. The summed E-state index contributed by atoms with van der Waals surface area (Å²) in [7, 11) is 1.42. The van der Waals surface area contributed by atoms with Crippen LogP contribution in [-0.4, -0.2) is 74.9 Å². The second-order valence-electron chi connectivity index (χ2n) is 24.2. The van der Waals surface area contributed by atoms with Gasteiger partial charge in [0.2, 0.25) is 0 Å². The van der Waals surface area contributed by atoms with Gasteiger partial charge in [0.1, 0.15) is 19.8 Å². The van der Waals surface area contributed by atoms with Gasteiger partial charge < -0.3 is 18.9 Å². The SMILES string of the molecule is CC/C=C\C/C=C\C/C=C\C/C=C\C/C=C\C/C=C\C/C=C\C/C=C\C/C=C\C/C=C\CCCCCCC(=O)OC(COC(=O)CCCCCCCCC/C=C\C/C=C\C/C=C\C/C=C\C/C=C\C/C=C\C/C=C\C/C=C\C/C=C\CC)COP(=O)(O)OCC[N+](C)(C)C. The van der Waals surface area contributed by atoms with Crippen molar-refractivity contribution >= 4 is 19.8 Å². The fourth-order valence-electron chi connectivity index (χ4n) is 8.74. The van der Waals surface area contributed by atoms with Gasteiger partial charge in [0.15, 0.2) is 6.10 Å². The first-order chi connectivity index (χ1) is 46.0. The first-order valence-corrected chi connectivity index (χ1v) is 37.6. The summed E-state index contributed by atoms with van der Waals surface area (Å²) >= 11 is 0. The van der Waals surface area contributed by atoms with Crippen LogP contribution >= 0.6 is 7.82 Å². The molecule has 0 fully saturated rings. The van der Waals surface area contributed by atoms with E-state index in [2.05, 4.69) is 245 Å². The van der Waals surface area contributed by atoms with Crippen LogP contribution in [0.3, 0.4) is 0 Å². The smallest absolute Gasteiger partial charge is 0.462 e. The zero-order valence-electron chi connectivity index (χ0n) is 59.6. The molecule has 0 aromatic rings. The van der Waals surface area contributed by atoms with E-state index < -0.39 is 32.5 Å². The Bertz CT molecular complexity index is 2440. The Morgan fingerprint density at radius 1 is 0.330 bits per heavy atom. The predicted octanol–water partition coefficient (Wildman–Crippen LogP) is 24.2. The minimum absolute atomic E-state index is 0.0107. The fraction of sp³-hybridized carbons (Fsp3) is 0.524. The topological polar surface area (TPSA) is 108 Å². The zero-order valence-corrected chi connectivity index (χ0v) is 60.5. The molecule has 524 valence electrons. The Kier molecular flexibility index (Phi) is 66.9. The molecular weight excluding hydrogens is 1180 g/mol. The number of esters is 2. The molecule has 9 nitrogen and oxygen atoms in total. The van der Waals surface area contributed by atoms with Crippen molar-refractivity contribution in [1.82, 2.24) is 0 Å². The summed E-state index contributed by atoms with van der Waals surface area (Å²) in [5.41, 5.74) is 0. The van der Waals surface area contributed by atoms with Gasteiger partial charge in [0.25, 0.3) is 0 Å². The van der Waals surface area contributed by atoms with Crippen LogP contribution in [0.1, 0.15) is 232 Å². The lowest BCUT2D eigenvalue weighted by molar-refractivity contribution is -0.870. The summed E-state index contributed by atoms with van der Waals surface area (Å²) in [6.07, 6.45) is 116. The Hall–Kier alpha value is -5.93. The van der Waals surface area contributed by atoms with Crippen LogP contribution in [-0.2, 0) is 32.7 Å². The van der Waals surface area contributed by atoms with E-state index in [4.69, 9.17) is 18.5 Å². The molecule has 0 aliphatic rings. The Morgan fingerprint density at radius 2 is 0.574 bits per heavy atom. The minimum atomic E-state index is -4.42. The second-order valence-corrected chi connectivity index (χ2v) is 25.6. The molecule has 2 unspecified atom stereocenters. The monoisotopic (exact) mass is 1310 g/mol. The highest BCUT2D eigenvalue weighted by Gasteiger charge is 2.27. The Labute approximate surface area is 575 Å². The highest BCUT2D eigenvalue weighted by molar-refractivity contribution is 7.47. The fourth-order valence-corrected chi connectivity index (χ4v) is 9.48. The molecule has 0 rings (SSSR count). The van der Waals surface area contributed by atoms with Crippen LogP contribution in [0.5, 0.6) is 0 Å². The number of carbonyl (C=O) groups is 2. The van der Waals surface area contributed by atoms with Crippen molar-refractivity contribution in [2.75, 3.05) is 47.5 Å². The van der Waals surface area contributed by atoms with Gasteiger partial charge in [-0.15, -0.1) is 0 Å². The molecule has 0 aromatic heterocycles. The maximum Gasteiger partial charge on any atom is 0.472 e. The number of phosphoric acid groups is 1. The van der Waals surface area contributed by atoms with Crippen molar-refractivity contribution in [3.63, 3.8) is 0 Å². The van der Waals surface area contributed by atoms with Gasteiger partial charge in [-0.1, -0.05) is 290 Å². The molecule has 10 heteroatoms. The van der Waals surface area contributed by atoms with Crippen molar-refractivity contribution in [3.8, 4) is 0 Å². The van der Waals surface area contributed by atoms with Crippen LogP contribution in [0, 0.1) is 0 Å². The van der Waals surface area contributed by atoms with Crippen LogP contribution in [0.25, 0.3) is 0 Å². The number of hydrogen-bond acceptors (Lipinski definition) is 7. The third-order valence-electron chi connectivity index (χ3n) is 14.2. The number of rotatable bonds is 63. The molecule has 0 aromatic carbocycles. The molecule has 0 amide bonds. The van der Waals surface area contributed by atoms with Crippen LogP contribution < -0.4 is 0 Å². The number of nitrogens with zero attached hydrogens (tertiary/aromatic N) is 1. The third-order valence-corrected chi connectivity index (χ3v) is 15.2. The number of carbonyl (C=O) groups excluding carboxylic acids is 2. The number of likely N-dealkylation sites (N-methyl/N-ethyl adjacent to an activating group) is 1. The largest absolute Gasteiger partial charge is 0.472 e. The number of allylic oxidation sites excluding steroid dienone is 38. The molecule has 2 atom stereocenters. The van der Waals surface area contributed by atoms with Crippen molar-refractivity contribution in [3.05, 3.63) is 231 Å². The molecule has 0 heterocycles. The highest BCUT2D eigenvalue weighted by atomic mass is 31.2. The summed E-state index contributed by atoms with van der Waals surface area (Å²) in [4.78, 5) is 35.9. The van der Waals surface area contributed by atoms with E-state index in [1.807, 2.05) is 21.1 Å². The molecule has 0 aliphatic carbocycles. The van der Waals surface area contributed by atoms with E-state index in [1.165, 1.54) is 19.3 Å². The van der Waals surface area contributed by atoms with Crippen LogP contribution in [0.2, 0.25) is 0 Å². The number of hydrogen-bond donors (Lipinski definition) is 1. The first-order valence-electron chi connectivity index (χ1n) is 36.1. The van der Waals surface area contributed by atoms with Crippen molar-refractivity contribution in [2.24, 2.45) is 0 Å². The Morgan fingerprint density at radius 3 is 0.851 bits per heavy atom. The van der Waals surface area contributed by atoms with Gasteiger partial charge in [0, 0.05) is 12.8 Å². The van der Waals surface area contributed by atoms with Crippen molar-refractivity contribution in [2.45, 2.75) is 238 Å². The maximum atomic E-state index is 12.9. The molecule has 0 spiro atoms. The highest BCUT2D eigenvalue weighted by Crippen LogP contribution is 2.43. The summed E-state index contributed by atoms with van der Waals surface area (Å²) in [6.45, 7) is 4.13. The van der Waals surface area contributed by atoms with Crippen molar-refractivity contribution < 1.29 is 42.1 Å². The quantitative estimate of drug-likeness (QED) is 0.0211. The number of unbranched alkanes of at least 4 members (excludes halogenated alkanes) is 11. The van der Waals surface area contributed by atoms with Gasteiger partial charge in [0.05, 0.1) is 27.7 Å². The van der Waals surface area contributed by atoms with Gasteiger partial charge in [-0.05, 0) is 161 Å². The molecular formula is C84H131NO8P+. The lowest BCUT2D eigenvalue weighted by Gasteiger charge is -2.24. The van der Waals surface area contributed by atoms with E-state index in [-0.39, 0.29) is 26.1 Å². The van der Waals surface area contributed by atoms with Crippen molar-refractivity contribution in [1.29, 1.82) is 0 Å². The minimum Gasteiger partial charge on any atom is -0.462 e. The van der Waals surface area contributed by atoms with Crippen LogP contribution in [0.15, 0.2) is 231 Å². The molecule has 0 bridgehead atoms. The maximum absolute atomic E-state index is 12.9. The van der Waals surface area contributed by atoms with E-state index >= 15 is 0 Å². The summed E-state index contributed by atoms with van der Waals surface area (Å²) in [5.74, 6) is -0.859. The molecule has 0 saturated carbocycles. The predicted molar refractivity (Wildman–Crippen MR) is 407 cm³/mol. The lowest BCUT2D eigenvalue weighted by Crippen LogP contribution is -2.37. The summed E-state index contributed by atoms with van der Waals surface area (Å²) in [5, 5.41) is 0. The van der Waals surface area contributed by atoms with E-state index in [9.17, 15) is 19.0 Å². The number of phosphoric ester groups is 1. The van der Waals surface area contributed by atoms with E-state index in [0.29, 0.717) is 23.9 Å². The number of quaternary nitrogens is 1. The zero-order chi connectivity index (χ0) is 68.3. The average molecular weight is 1310 g/mol. The number of ether oxygens (including phenoxy) is 2. The van der Waals surface area contributed by atoms with Gasteiger partial charge in [-0.25, -0.2) is 4.57 Å². The molecule has 94 heavy (non-hydrogen) atoms. The molecule has 0 aliphatic heterocycles. The standard InChI is InChI=1S/C84H130NO8P/c1-6-8-10-12-14-16-18-20-22-24-26-28-30-32-34-36-38-40-42-44-46-48-50-52-54-56-58-60-62-64-66-68-70-72-74-76-83(86)90-80-82(81-92-94(88,89)91-79-78-85(3,4)5)93-84(87)77-75-73-71-69-67-65-63-61-59-57-55-53-51-49-47-45-43-41-39-37-35-33-31-29-27-25-23-21-19-17-15-13-11-9-7-2/h8-11,14-17,20-23,26-29,32-35,38-41,44-47,50-53,56-59,63,65,82H,6-7,12-13,18-19,24-25,30-31,36-37,42-43,48-49,54-55,60-62,64,66-81H2,1-5H3/p+1/b10-8-,11-9-,16-14-,17-15-,22-20-,23-21-,28-26-,29-27-,34-32-,35-33-,40-38-,41-39-,46-44-,47-45-,52-50-,53-51-,58-56-,59-57-,65-63-. The lowest BCUT2D eigenvalue weighted by atomic mass is 10.1. The van der Waals surface area contributed by atoms with Gasteiger partial charge in [-0.3, -0.25) is 18.6 Å². The van der Waals surface area contributed by atoms with Gasteiger partial charge in [-0.2, -0.15) is 0 Å². The van der Waals surface area contributed by atoms with E-state index in [0.717, 1.165) is 173 Å². The molecule has 1 N–H and O–H groups in total. The summed E-state index contributed by atoms with van der Waals surface area (Å²) < 4.78 is 34.7. The third kappa shape index (κ3) is 75.1. The van der Waals surface area contributed by atoms with Gasteiger partial charge >= 0.3 is 19.8 Å². The van der Waals surface area contributed by atoms with Crippen LogP contribution in [0.4, 0.5) is 0 Å². The average Bonchev–Trinajstić information content (AvgIpc) is 1.68. The normalized spacial score (nSPS) is 14.5. The Balaban J connectivity index is 4.24. The summed E-state index contributed by atoms with van der Waals surface area (Å²) in [6, 6.07) is 0. The molecule has 0 radical (unpaired) electrons. The molecule has 0 saturated heterocycles.